The van der Waals surface area contributed by atoms with Gasteiger partial charge in [-0.25, -0.2) is 0 Å². The summed E-state index contributed by atoms with van der Waals surface area (Å²) in [7, 11) is 0. The molecule has 0 saturated heterocycles. The molecule has 0 atom stereocenters. The highest BCUT2D eigenvalue weighted by Crippen LogP contribution is 2.12. The quantitative estimate of drug-likeness (QED) is 0.627. The Hall–Kier alpha value is -1.10. The summed E-state index contributed by atoms with van der Waals surface area (Å²) in [6.07, 6.45) is 0.306. The van der Waals surface area contributed by atoms with Gasteiger partial charge in [0.1, 0.15) is 12.1 Å². The van der Waals surface area contributed by atoms with Crippen molar-refractivity contribution in [3.8, 4) is 12.1 Å². The molecule has 0 unspecified atom stereocenters. The van der Waals surface area contributed by atoms with E-state index in [0.29, 0.717) is 6.42 Å². The highest BCUT2D eigenvalue weighted by Gasteiger charge is 2.27. The van der Waals surface area contributed by atoms with Gasteiger partial charge in [0.25, 0.3) is 0 Å². The van der Waals surface area contributed by atoms with Gasteiger partial charge in [-0.05, 0) is 0 Å². The van der Waals surface area contributed by atoms with E-state index in [1.165, 1.54) is 0 Å². The number of aliphatic hydroxyl groups excluding tert-OH is 1. The number of hydrogen-bond acceptors (Lipinski definition) is 4. The molecule has 0 aliphatic heterocycles. The van der Waals surface area contributed by atoms with Crippen LogP contribution in [0.5, 0.6) is 0 Å². The second kappa shape index (κ2) is 4.68. The van der Waals surface area contributed by atoms with E-state index < -0.39 is 5.60 Å². The van der Waals surface area contributed by atoms with Gasteiger partial charge < -0.3 is 9.84 Å². The van der Waals surface area contributed by atoms with Crippen molar-refractivity contribution in [1.82, 2.24) is 0 Å². The third-order valence-electron chi connectivity index (χ3n) is 1.30. The Kier molecular flexibility index (Phi) is 4.21. The highest BCUT2D eigenvalue weighted by atomic mass is 16.5. The molecule has 4 heteroatoms. The molecule has 1 N–H and O–H groups in total. The van der Waals surface area contributed by atoms with Gasteiger partial charge in [0.05, 0.1) is 13.2 Å². The lowest BCUT2D eigenvalue weighted by molar-refractivity contribution is 0.0141. The van der Waals surface area contributed by atoms with Crippen LogP contribution in [0.25, 0.3) is 0 Å². The molecule has 0 bridgehead atoms. The van der Waals surface area contributed by atoms with Crippen LogP contribution < -0.4 is 0 Å². The molecule has 0 amide bonds. The standard InChI is InChI=1S/C7H10N2O2/c1-2-7(5-8,6-9)11-4-3-10/h10H,2-4H2,1H3. The van der Waals surface area contributed by atoms with Crippen molar-refractivity contribution in [3.63, 3.8) is 0 Å². The summed E-state index contributed by atoms with van der Waals surface area (Å²) in [6.45, 7) is 1.53. The minimum absolute atomic E-state index is 0.0228. The molecule has 11 heavy (non-hydrogen) atoms. The Bertz CT molecular complexity index is 176. The molecule has 0 rings (SSSR count). The molecule has 0 spiro atoms. The average molecular weight is 154 g/mol. The van der Waals surface area contributed by atoms with Gasteiger partial charge in [0, 0.05) is 6.42 Å². The number of aliphatic hydroxyl groups is 1. The molecule has 60 valence electrons. The summed E-state index contributed by atoms with van der Waals surface area (Å²) in [6, 6.07) is 3.51. The molecular weight excluding hydrogens is 144 g/mol. The zero-order valence-electron chi connectivity index (χ0n) is 6.37. The third-order valence-corrected chi connectivity index (χ3v) is 1.30. The van der Waals surface area contributed by atoms with E-state index in [4.69, 9.17) is 20.4 Å². The first-order chi connectivity index (χ1) is 5.24. The second-order valence-corrected chi connectivity index (χ2v) is 1.98. The Morgan fingerprint density at radius 3 is 2.27 bits per heavy atom. The molecule has 0 aromatic carbocycles. The van der Waals surface area contributed by atoms with Crippen molar-refractivity contribution in [1.29, 1.82) is 10.5 Å². The maximum Gasteiger partial charge on any atom is 0.240 e. The van der Waals surface area contributed by atoms with E-state index in [0.717, 1.165) is 0 Å². The fourth-order valence-electron chi connectivity index (χ4n) is 0.570. The average Bonchev–Trinajstić information content (AvgIpc) is 2.08. The second-order valence-electron chi connectivity index (χ2n) is 1.98. The molecule has 0 aromatic rings. The first-order valence-corrected chi connectivity index (χ1v) is 3.32. The molecule has 0 fully saturated rings. The van der Waals surface area contributed by atoms with Gasteiger partial charge in [-0.15, -0.1) is 0 Å². The Balaban J connectivity index is 4.12. The van der Waals surface area contributed by atoms with E-state index >= 15 is 0 Å². The predicted molar refractivity (Wildman–Crippen MR) is 37.3 cm³/mol. The third kappa shape index (κ3) is 2.55. The zero-order valence-corrected chi connectivity index (χ0v) is 6.37. The van der Waals surface area contributed by atoms with Gasteiger partial charge in [-0.3, -0.25) is 0 Å². The smallest absolute Gasteiger partial charge is 0.240 e. The molecule has 0 aliphatic carbocycles. The molecule has 0 aliphatic rings. The van der Waals surface area contributed by atoms with Gasteiger partial charge >= 0.3 is 0 Å². The molecule has 0 radical (unpaired) electrons. The summed E-state index contributed by atoms with van der Waals surface area (Å²) < 4.78 is 4.85. The Morgan fingerprint density at radius 2 is 2.00 bits per heavy atom. The first-order valence-electron chi connectivity index (χ1n) is 3.32. The van der Waals surface area contributed by atoms with Crippen molar-refractivity contribution in [2.24, 2.45) is 0 Å². The molecule has 0 aromatic heterocycles. The normalized spacial score (nSPS) is 10.2. The van der Waals surface area contributed by atoms with E-state index in [-0.39, 0.29) is 13.2 Å². The predicted octanol–water partition coefficient (Wildman–Crippen LogP) is 0.191. The van der Waals surface area contributed by atoms with Crippen LogP contribution in [0.4, 0.5) is 0 Å². The van der Waals surface area contributed by atoms with Gasteiger partial charge in [-0.2, -0.15) is 10.5 Å². The van der Waals surface area contributed by atoms with E-state index in [1.54, 1.807) is 19.1 Å². The van der Waals surface area contributed by atoms with Crippen molar-refractivity contribution in [2.75, 3.05) is 13.2 Å². The fourth-order valence-corrected chi connectivity index (χ4v) is 0.570. The maximum atomic E-state index is 8.52. The summed E-state index contributed by atoms with van der Waals surface area (Å²) >= 11 is 0. The van der Waals surface area contributed by atoms with Crippen LogP contribution in [-0.2, 0) is 4.74 Å². The van der Waals surface area contributed by atoms with Crippen molar-refractivity contribution < 1.29 is 9.84 Å². The van der Waals surface area contributed by atoms with Crippen LogP contribution in [0.15, 0.2) is 0 Å². The number of hydrogen-bond donors (Lipinski definition) is 1. The summed E-state index contributed by atoms with van der Waals surface area (Å²) in [5, 5.41) is 25.4. The van der Waals surface area contributed by atoms with Crippen LogP contribution in [0.1, 0.15) is 13.3 Å². The van der Waals surface area contributed by atoms with Crippen LogP contribution in [0.3, 0.4) is 0 Å². The molecule has 0 saturated carbocycles. The van der Waals surface area contributed by atoms with Crippen LogP contribution >= 0.6 is 0 Å². The van der Waals surface area contributed by atoms with E-state index in [9.17, 15) is 0 Å². The number of nitrogens with zero attached hydrogens (tertiary/aromatic N) is 2. The number of ether oxygens (including phenoxy) is 1. The summed E-state index contributed by atoms with van der Waals surface area (Å²) in [4.78, 5) is 0. The largest absolute Gasteiger partial charge is 0.394 e. The van der Waals surface area contributed by atoms with E-state index in [1.807, 2.05) is 0 Å². The Morgan fingerprint density at radius 1 is 1.45 bits per heavy atom. The maximum absolute atomic E-state index is 8.52. The van der Waals surface area contributed by atoms with Crippen LogP contribution in [-0.4, -0.2) is 23.9 Å². The van der Waals surface area contributed by atoms with Crippen LogP contribution in [0, 0.1) is 22.7 Å². The fraction of sp³-hybridized carbons (Fsp3) is 0.714. The van der Waals surface area contributed by atoms with Crippen molar-refractivity contribution in [3.05, 3.63) is 0 Å². The summed E-state index contributed by atoms with van der Waals surface area (Å²) in [5.74, 6) is 0. The zero-order chi connectivity index (χ0) is 8.74. The number of nitriles is 2. The van der Waals surface area contributed by atoms with Crippen LogP contribution in [0.2, 0.25) is 0 Å². The molecule has 0 heterocycles. The lowest BCUT2D eigenvalue weighted by atomic mass is 10.1. The van der Waals surface area contributed by atoms with Gasteiger partial charge in [0.15, 0.2) is 0 Å². The Labute approximate surface area is 65.6 Å². The van der Waals surface area contributed by atoms with Gasteiger partial charge in [-0.1, -0.05) is 6.92 Å². The SMILES string of the molecule is CCC(C#N)(C#N)OCCO. The van der Waals surface area contributed by atoms with E-state index in [2.05, 4.69) is 0 Å². The topological polar surface area (TPSA) is 77.0 Å². The molecular formula is C7H10N2O2. The highest BCUT2D eigenvalue weighted by molar-refractivity contribution is 5.16. The minimum Gasteiger partial charge on any atom is -0.394 e. The van der Waals surface area contributed by atoms with Gasteiger partial charge in [0.2, 0.25) is 5.60 Å². The lowest BCUT2D eigenvalue weighted by Crippen LogP contribution is -2.29. The molecule has 4 nitrogen and oxygen atoms in total. The lowest BCUT2D eigenvalue weighted by Gasteiger charge is -2.15. The number of rotatable bonds is 4. The minimum atomic E-state index is -1.37. The first kappa shape index (κ1) is 9.90. The van der Waals surface area contributed by atoms with Crippen molar-refractivity contribution >= 4 is 0 Å². The summed E-state index contributed by atoms with van der Waals surface area (Å²) in [5.41, 5.74) is -1.37. The van der Waals surface area contributed by atoms with Crippen molar-refractivity contribution in [2.45, 2.75) is 18.9 Å². The monoisotopic (exact) mass is 154 g/mol.